The van der Waals surface area contributed by atoms with Crippen molar-refractivity contribution in [2.24, 2.45) is 0 Å². The number of rotatable bonds is 6. The zero-order valence-electron chi connectivity index (χ0n) is 14.9. The molecule has 0 aliphatic heterocycles. The van der Waals surface area contributed by atoms with Crippen LogP contribution in [0.2, 0.25) is 15.1 Å². The highest BCUT2D eigenvalue weighted by molar-refractivity contribution is 6.42. The van der Waals surface area contributed by atoms with Gasteiger partial charge in [-0.25, -0.2) is 4.68 Å². The van der Waals surface area contributed by atoms with Gasteiger partial charge in [0.1, 0.15) is 0 Å². The number of carbonyl (C=O) groups is 1. The van der Waals surface area contributed by atoms with Gasteiger partial charge in [-0.05, 0) is 48.4 Å². The van der Waals surface area contributed by atoms with E-state index in [-0.39, 0.29) is 18.9 Å². The lowest BCUT2D eigenvalue weighted by Gasteiger charge is -2.08. The summed E-state index contributed by atoms with van der Waals surface area (Å²) < 4.78 is 1.70. The van der Waals surface area contributed by atoms with Crippen molar-refractivity contribution in [2.45, 2.75) is 26.5 Å². The number of nitrogens with one attached hydrogen (secondary N) is 1. The van der Waals surface area contributed by atoms with E-state index >= 15 is 0 Å². The summed E-state index contributed by atoms with van der Waals surface area (Å²) in [4.78, 5) is 12.4. The smallest absolute Gasteiger partial charge is 0.230 e. The molecule has 2 N–H and O–H groups in total. The first-order chi connectivity index (χ1) is 13.4. The molecular weight excluding hydrogens is 423 g/mol. The predicted octanol–water partition coefficient (Wildman–Crippen LogP) is 4.27. The Hall–Kier alpha value is -2.12. The molecule has 9 heteroatoms. The number of carbonyl (C=O) groups excluding carboxylic acids is 1. The molecule has 0 bridgehead atoms. The highest BCUT2D eigenvalue weighted by Crippen LogP contribution is 2.23. The Balaban J connectivity index is 1.68. The van der Waals surface area contributed by atoms with Gasteiger partial charge in [-0.3, -0.25) is 4.79 Å². The Labute approximate surface area is 177 Å². The van der Waals surface area contributed by atoms with Crippen molar-refractivity contribution in [2.75, 3.05) is 5.32 Å². The Morgan fingerprint density at radius 3 is 2.57 bits per heavy atom. The quantitative estimate of drug-likeness (QED) is 0.601. The number of amides is 1. The monoisotopic (exact) mass is 438 g/mol. The van der Waals surface area contributed by atoms with Crippen LogP contribution in [0.25, 0.3) is 0 Å². The molecule has 2 aromatic carbocycles. The topological polar surface area (TPSA) is 80.0 Å². The maximum absolute atomic E-state index is 12.4. The van der Waals surface area contributed by atoms with Crippen molar-refractivity contribution in [3.8, 4) is 0 Å². The molecule has 0 aliphatic carbocycles. The molecule has 1 aromatic heterocycles. The van der Waals surface area contributed by atoms with Crippen molar-refractivity contribution in [1.29, 1.82) is 0 Å². The van der Waals surface area contributed by atoms with Crippen LogP contribution in [-0.2, 0) is 24.4 Å². The van der Waals surface area contributed by atoms with Gasteiger partial charge in [0.05, 0.1) is 41.0 Å². The fourth-order valence-corrected chi connectivity index (χ4v) is 3.15. The summed E-state index contributed by atoms with van der Waals surface area (Å²) in [6.45, 7) is 2.12. The minimum absolute atomic E-state index is 0.0737. The number of hydrogen-bond donors (Lipinski definition) is 2. The summed E-state index contributed by atoms with van der Waals surface area (Å²) in [5.41, 5.74) is 3.39. The number of anilines is 1. The second kappa shape index (κ2) is 8.92. The maximum atomic E-state index is 12.4. The summed E-state index contributed by atoms with van der Waals surface area (Å²) in [7, 11) is 0. The van der Waals surface area contributed by atoms with Gasteiger partial charge in [0.25, 0.3) is 0 Å². The van der Waals surface area contributed by atoms with Crippen LogP contribution in [0.5, 0.6) is 0 Å². The van der Waals surface area contributed by atoms with Crippen molar-refractivity contribution in [3.63, 3.8) is 0 Å². The van der Waals surface area contributed by atoms with Crippen LogP contribution in [0.3, 0.4) is 0 Å². The van der Waals surface area contributed by atoms with Crippen LogP contribution in [0.1, 0.15) is 22.5 Å². The first kappa shape index (κ1) is 20.6. The summed E-state index contributed by atoms with van der Waals surface area (Å²) >= 11 is 17.9. The molecule has 0 aliphatic rings. The molecule has 6 nitrogen and oxygen atoms in total. The molecule has 0 fully saturated rings. The lowest BCUT2D eigenvalue weighted by molar-refractivity contribution is -0.115. The molecule has 146 valence electrons. The fourth-order valence-electron chi connectivity index (χ4n) is 2.65. The van der Waals surface area contributed by atoms with Crippen LogP contribution in [0.4, 0.5) is 5.69 Å². The van der Waals surface area contributed by atoms with Gasteiger partial charge in [-0.15, -0.1) is 5.10 Å². The number of hydrogen-bond acceptors (Lipinski definition) is 4. The fraction of sp³-hybridized carbons (Fsp3) is 0.211. The first-order valence-corrected chi connectivity index (χ1v) is 9.52. The van der Waals surface area contributed by atoms with E-state index in [1.54, 1.807) is 35.0 Å². The summed E-state index contributed by atoms with van der Waals surface area (Å²) in [5, 5.41) is 21.7. The largest absolute Gasteiger partial charge is 0.392 e. The highest BCUT2D eigenvalue weighted by atomic mass is 35.5. The molecule has 0 spiro atoms. The van der Waals surface area contributed by atoms with E-state index in [1.807, 2.05) is 13.0 Å². The molecule has 0 radical (unpaired) electrons. The number of benzene rings is 2. The molecule has 1 amide bonds. The standard InChI is InChI=1S/C19H17Cl3N4O2/c1-11-18(8-19(28)23-14-3-5-15(20)13(7-14)10-27)24-25-26(11)9-12-2-4-16(21)17(22)6-12/h2-7,27H,8-10H2,1H3,(H,23,28). The Kier molecular flexibility index (Phi) is 6.57. The van der Waals surface area contributed by atoms with Gasteiger partial charge in [0.2, 0.25) is 5.91 Å². The average molecular weight is 440 g/mol. The van der Waals surface area contributed by atoms with E-state index < -0.39 is 0 Å². The number of nitrogens with zero attached hydrogens (tertiary/aromatic N) is 3. The van der Waals surface area contributed by atoms with E-state index in [0.717, 1.165) is 11.3 Å². The van der Waals surface area contributed by atoms with E-state index in [0.29, 0.717) is 38.6 Å². The van der Waals surface area contributed by atoms with E-state index in [1.165, 1.54) is 0 Å². The van der Waals surface area contributed by atoms with Crippen molar-refractivity contribution in [1.82, 2.24) is 15.0 Å². The lowest BCUT2D eigenvalue weighted by Crippen LogP contribution is -2.15. The van der Waals surface area contributed by atoms with Crippen molar-refractivity contribution in [3.05, 3.63) is 74.0 Å². The number of aromatic nitrogens is 3. The molecular formula is C19H17Cl3N4O2. The Morgan fingerprint density at radius 1 is 1.11 bits per heavy atom. The molecule has 0 saturated heterocycles. The molecule has 28 heavy (non-hydrogen) atoms. The number of aliphatic hydroxyl groups excluding tert-OH is 1. The van der Waals surface area contributed by atoms with Crippen LogP contribution < -0.4 is 5.32 Å². The second-order valence-electron chi connectivity index (χ2n) is 6.22. The third kappa shape index (κ3) is 4.83. The van der Waals surface area contributed by atoms with Crippen LogP contribution in [0, 0.1) is 6.92 Å². The zero-order valence-corrected chi connectivity index (χ0v) is 17.2. The Morgan fingerprint density at radius 2 is 1.86 bits per heavy atom. The van der Waals surface area contributed by atoms with E-state index in [2.05, 4.69) is 15.6 Å². The van der Waals surface area contributed by atoms with Crippen LogP contribution in [-0.4, -0.2) is 26.0 Å². The lowest BCUT2D eigenvalue weighted by atomic mass is 10.2. The minimum Gasteiger partial charge on any atom is -0.392 e. The second-order valence-corrected chi connectivity index (χ2v) is 7.44. The summed E-state index contributed by atoms with van der Waals surface area (Å²) in [6, 6.07) is 10.3. The summed E-state index contributed by atoms with van der Waals surface area (Å²) in [5.74, 6) is -0.240. The van der Waals surface area contributed by atoms with Crippen molar-refractivity contribution >= 4 is 46.4 Å². The van der Waals surface area contributed by atoms with E-state index in [9.17, 15) is 9.90 Å². The normalized spacial score (nSPS) is 10.9. The minimum atomic E-state index is -0.240. The molecule has 3 rings (SSSR count). The third-order valence-electron chi connectivity index (χ3n) is 4.22. The van der Waals surface area contributed by atoms with Crippen LogP contribution in [0.15, 0.2) is 36.4 Å². The van der Waals surface area contributed by atoms with Crippen LogP contribution >= 0.6 is 34.8 Å². The number of halogens is 3. The molecule has 0 unspecified atom stereocenters. The van der Waals surface area contributed by atoms with Gasteiger partial charge in [0.15, 0.2) is 0 Å². The summed E-state index contributed by atoms with van der Waals surface area (Å²) in [6.07, 6.45) is 0.0737. The van der Waals surface area contributed by atoms with Gasteiger partial charge in [-0.1, -0.05) is 46.1 Å². The highest BCUT2D eigenvalue weighted by Gasteiger charge is 2.14. The average Bonchev–Trinajstić information content (AvgIpc) is 2.99. The van der Waals surface area contributed by atoms with Gasteiger partial charge >= 0.3 is 0 Å². The third-order valence-corrected chi connectivity index (χ3v) is 5.33. The molecule has 0 saturated carbocycles. The SMILES string of the molecule is Cc1c(CC(=O)Nc2ccc(Cl)c(CO)c2)nnn1Cc1ccc(Cl)c(Cl)c1. The van der Waals surface area contributed by atoms with Gasteiger partial charge in [0, 0.05) is 10.7 Å². The van der Waals surface area contributed by atoms with Crippen molar-refractivity contribution < 1.29 is 9.90 Å². The number of aliphatic hydroxyl groups is 1. The molecule has 3 aromatic rings. The predicted molar refractivity (Wildman–Crippen MR) is 110 cm³/mol. The van der Waals surface area contributed by atoms with Gasteiger partial charge in [-0.2, -0.15) is 0 Å². The van der Waals surface area contributed by atoms with Gasteiger partial charge < -0.3 is 10.4 Å². The Bertz CT molecular complexity index is 1020. The first-order valence-electron chi connectivity index (χ1n) is 8.39. The molecule has 0 atom stereocenters. The zero-order chi connectivity index (χ0) is 20.3. The maximum Gasteiger partial charge on any atom is 0.230 e. The van der Waals surface area contributed by atoms with E-state index in [4.69, 9.17) is 34.8 Å². The molecule has 1 heterocycles.